The van der Waals surface area contributed by atoms with Gasteiger partial charge in [-0.2, -0.15) is 0 Å². The van der Waals surface area contributed by atoms with Gasteiger partial charge in [0.1, 0.15) is 0 Å². The average molecular weight is 311 g/mol. The molecule has 2 fully saturated rings. The highest BCUT2D eigenvalue weighted by molar-refractivity contribution is 5.74. The molecular formula is C17H33N3O2. The maximum absolute atomic E-state index is 12.3. The minimum absolute atomic E-state index is 0.0449. The molecule has 0 aromatic rings. The number of carbonyl (C=O) groups excluding carboxylic acids is 1. The van der Waals surface area contributed by atoms with E-state index in [1.54, 1.807) is 0 Å². The zero-order valence-electron chi connectivity index (χ0n) is 14.3. The molecule has 5 nitrogen and oxygen atoms in total. The molecule has 0 aliphatic carbocycles. The normalized spacial score (nSPS) is 23.8. The van der Waals surface area contributed by atoms with Crippen LogP contribution in [0, 0.1) is 5.41 Å². The maximum Gasteiger partial charge on any atom is 0.317 e. The van der Waals surface area contributed by atoms with Crippen LogP contribution in [0.2, 0.25) is 0 Å². The largest absolute Gasteiger partial charge is 0.396 e. The minimum atomic E-state index is -0.0449. The molecule has 2 aliphatic rings. The van der Waals surface area contributed by atoms with Gasteiger partial charge < -0.3 is 15.3 Å². The Kier molecular flexibility index (Phi) is 6.50. The van der Waals surface area contributed by atoms with Gasteiger partial charge in [0.2, 0.25) is 0 Å². The van der Waals surface area contributed by atoms with Gasteiger partial charge in [-0.15, -0.1) is 0 Å². The van der Waals surface area contributed by atoms with E-state index in [4.69, 9.17) is 0 Å². The minimum Gasteiger partial charge on any atom is -0.396 e. The highest BCUT2D eigenvalue weighted by Crippen LogP contribution is 2.21. The first-order valence-electron chi connectivity index (χ1n) is 8.89. The summed E-state index contributed by atoms with van der Waals surface area (Å²) >= 11 is 0. The molecule has 1 atom stereocenters. The number of hydrogen-bond donors (Lipinski definition) is 2. The summed E-state index contributed by atoms with van der Waals surface area (Å²) in [6.07, 6.45) is 6.82. The first-order chi connectivity index (χ1) is 10.5. The zero-order valence-corrected chi connectivity index (χ0v) is 14.3. The summed E-state index contributed by atoms with van der Waals surface area (Å²) < 4.78 is 0. The van der Waals surface area contributed by atoms with Gasteiger partial charge in [0.05, 0.1) is 0 Å². The Labute approximate surface area is 135 Å². The van der Waals surface area contributed by atoms with Crippen LogP contribution in [-0.4, -0.2) is 66.3 Å². The van der Waals surface area contributed by atoms with Gasteiger partial charge in [0.25, 0.3) is 0 Å². The number of amides is 2. The second kappa shape index (κ2) is 8.16. The smallest absolute Gasteiger partial charge is 0.317 e. The molecular weight excluding hydrogens is 278 g/mol. The summed E-state index contributed by atoms with van der Waals surface area (Å²) in [5.41, 5.74) is -0.0449. The van der Waals surface area contributed by atoms with Gasteiger partial charge in [-0.1, -0.05) is 13.8 Å². The number of aliphatic hydroxyl groups is 1. The Bertz CT molecular complexity index is 354. The van der Waals surface area contributed by atoms with Crippen molar-refractivity contribution in [2.24, 2.45) is 5.41 Å². The standard InChI is InChI=1S/C17H33N3O2/c1-17(2,14-21)8-6-9-18-16(22)20-12-5-7-15(13-20)19-10-3-4-11-19/h15,21H,3-14H2,1-2H3,(H,18,22)/t15-/m0/s1. The molecule has 0 spiro atoms. The number of nitrogens with one attached hydrogen (secondary N) is 1. The fourth-order valence-electron chi connectivity index (χ4n) is 3.50. The summed E-state index contributed by atoms with van der Waals surface area (Å²) in [5, 5.41) is 12.3. The summed E-state index contributed by atoms with van der Waals surface area (Å²) in [4.78, 5) is 16.8. The predicted molar refractivity (Wildman–Crippen MR) is 88.9 cm³/mol. The molecule has 22 heavy (non-hydrogen) atoms. The third-order valence-electron chi connectivity index (χ3n) is 5.08. The van der Waals surface area contributed by atoms with Crippen LogP contribution in [0.1, 0.15) is 52.4 Å². The fourth-order valence-corrected chi connectivity index (χ4v) is 3.50. The van der Waals surface area contributed by atoms with E-state index in [1.165, 1.54) is 32.4 Å². The van der Waals surface area contributed by atoms with Crippen molar-refractivity contribution in [1.29, 1.82) is 0 Å². The molecule has 2 heterocycles. The molecule has 128 valence electrons. The lowest BCUT2D eigenvalue weighted by atomic mass is 9.89. The Morgan fingerprint density at radius 1 is 1.23 bits per heavy atom. The third kappa shape index (κ3) is 5.13. The van der Waals surface area contributed by atoms with Crippen molar-refractivity contribution < 1.29 is 9.90 Å². The number of piperidine rings is 1. The van der Waals surface area contributed by atoms with Crippen LogP contribution in [-0.2, 0) is 0 Å². The van der Waals surface area contributed by atoms with Crippen LogP contribution in [0.4, 0.5) is 4.79 Å². The number of likely N-dealkylation sites (tertiary alicyclic amines) is 2. The van der Waals surface area contributed by atoms with Gasteiger partial charge in [-0.25, -0.2) is 4.79 Å². The summed E-state index contributed by atoms with van der Waals surface area (Å²) in [6, 6.07) is 0.654. The maximum atomic E-state index is 12.3. The molecule has 2 N–H and O–H groups in total. The van der Waals surface area contributed by atoms with Crippen molar-refractivity contribution in [3.05, 3.63) is 0 Å². The number of carbonyl (C=O) groups is 1. The quantitative estimate of drug-likeness (QED) is 0.738. The van der Waals surface area contributed by atoms with E-state index < -0.39 is 0 Å². The second-order valence-electron chi connectivity index (χ2n) is 7.64. The molecule has 2 aliphatic heterocycles. The average Bonchev–Trinajstić information content (AvgIpc) is 3.06. The molecule has 0 radical (unpaired) electrons. The lowest BCUT2D eigenvalue weighted by Gasteiger charge is -2.37. The van der Waals surface area contributed by atoms with Gasteiger partial charge in [-0.3, -0.25) is 4.90 Å². The van der Waals surface area contributed by atoms with E-state index in [0.29, 0.717) is 12.6 Å². The van der Waals surface area contributed by atoms with Gasteiger partial charge in [0, 0.05) is 32.3 Å². The summed E-state index contributed by atoms with van der Waals surface area (Å²) in [5.74, 6) is 0. The zero-order chi connectivity index (χ0) is 16.0. The Hall–Kier alpha value is -0.810. The lowest BCUT2D eigenvalue weighted by molar-refractivity contribution is 0.124. The first kappa shape index (κ1) is 17.5. The number of urea groups is 1. The molecule has 5 heteroatoms. The van der Waals surface area contributed by atoms with Crippen LogP contribution in [0.25, 0.3) is 0 Å². The highest BCUT2D eigenvalue weighted by Gasteiger charge is 2.29. The van der Waals surface area contributed by atoms with E-state index in [0.717, 1.165) is 32.4 Å². The number of nitrogens with zero attached hydrogens (tertiary/aromatic N) is 2. The van der Waals surface area contributed by atoms with Crippen LogP contribution < -0.4 is 5.32 Å². The molecule has 0 aromatic carbocycles. The summed E-state index contributed by atoms with van der Waals surface area (Å²) in [6.45, 7) is 9.19. The van der Waals surface area contributed by atoms with Crippen molar-refractivity contribution in [2.45, 2.75) is 58.4 Å². The SMILES string of the molecule is CC(C)(CO)CCCNC(=O)N1CCC[C@H](N2CCCC2)C1. The Morgan fingerprint density at radius 2 is 1.95 bits per heavy atom. The number of hydrogen-bond acceptors (Lipinski definition) is 3. The van der Waals surface area contributed by atoms with E-state index in [1.807, 2.05) is 4.90 Å². The molecule has 0 saturated carbocycles. The van der Waals surface area contributed by atoms with E-state index in [9.17, 15) is 9.90 Å². The molecule has 0 aromatic heterocycles. The van der Waals surface area contributed by atoms with E-state index >= 15 is 0 Å². The van der Waals surface area contributed by atoms with Crippen LogP contribution in [0.3, 0.4) is 0 Å². The highest BCUT2D eigenvalue weighted by atomic mass is 16.3. The van der Waals surface area contributed by atoms with Crippen LogP contribution in [0.5, 0.6) is 0 Å². The number of rotatable bonds is 6. The molecule has 0 bridgehead atoms. The van der Waals surface area contributed by atoms with E-state index in [-0.39, 0.29) is 18.1 Å². The van der Waals surface area contributed by atoms with Crippen molar-refractivity contribution in [2.75, 3.05) is 39.3 Å². The second-order valence-corrected chi connectivity index (χ2v) is 7.64. The molecule has 0 unspecified atom stereocenters. The fraction of sp³-hybridized carbons (Fsp3) is 0.941. The van der Waals surface area contributed by atoms with Crippen LogP contribution in [0.15, 0.2) is 0 Å². The van der Waals surface area contributed by atoms with Gasteiger partial charge >= 0.3 is 6.03 Å². The topological polar surface area (TPSA) is 55.8 Å². The number of aliphatic hydroxyl groups excluding tert-OH is 1. The van der Waals surface area contributed by atoms with Crippen molar-refractivity contribution in [1.82, 2.24) is 15.1 Å². The molecule has 2 amide bonds. The predicted octanol–water partition coefficient (Wildman–Crippen LogP) is 2.05. The molecule has 2 saturated heterocycles. The molecule has 2 rings (SSSR count). The first-order valence-corrected chi connectivity index (χ1v) is 8.89. The monoisotopic (exact) mass is 311 g/mol. The van der Waals surface area contributed by atoms with Crippen molar-refractivity contribution in [3.8, 4) is 0 Å². The van der Waals surface area contributed by atoms with Crippen molar-refractivity contribution >= 4 is 6.03 Å². The van der Waals surface area contributed by atoms with Gasteiger partial charge in [0.15, 0.2) is 0 Å². The lowest BCUT2D eigenvalue weighted by Crippen LogP contribution is -2.51. The third-order valence-corrected chi connectivity index (χ3v) is 5.08. The van der Waals surface area contributed by atoms with E-state index in [2.05, 4.69) is 24.1 Å². The van der Waals surface area contributed by atoms with Gasteiger partial charge in [-0.05, 0) is 57.0 Å². The van der Waals surface area contributed by atoms with Crippen LogP contribution >= 0.6 is 0 Å². The van der Waals surface area contributed by atoms with Crippen molar-refractivity contribution in [3.63, 3.8) is 0 Å². The Balaban J connectivity index is 1.68. The summed E-state index contributed by atoms with van der Waals surface area (Å²) in [7, 11) is 0. The Morgan fingerprint density at radius 3 is 2.64 bits per heavy atom.